The van der Waals surface area contributed by atoms with Crippen LogP contribution in [0.25, 0.3) is 10.4 Å². The molecule has 0 saturated carbocycles. The molecule has 5 nitrogen and oxygen atoms in total. The molecule has 1 aromatic rings. The third-order valence-electron chi connectivity index (χ3n) is 1.67. The molecule has 0 bridgehead atoms. The summed E-state index contributed by atoms with van der Waals surface area (Å²) in [5.41, 5.74) is 7.99. The number of rotatable bonds is 5. The lowest BCUT2D eigenvalue weighted by atomic mass is 10.1. The molecule has 0 spiro atoms. The molecule has 1 heterocycles. The summed E-state index contributed by atoms with van der Waals surface area (Å²) in [4.78, 5) is 2.62. The van der Waals surface area contributed by atoms with Crippen molar-refractivity contribution in [2.45, 2.75) is 18.9 Å². The highest BCUT2D eigenvalue weighted by Crippen LogP contribution is 2.17. The lowest BCUT2D eigenvalue weighted by molar-refractivity contribution is 0.138. The van der Waals surface area contributed by atoms with E-state index in [-0.39, 0.29) is 0 Å². The van der Waals surface area contributed by atoms with Crippen LogP contribution >= 0.6 is 0 Å². The highest BCUT2D eigenvalue weighted by molar-refractivity contribution is 5.01. The van der Waals surface area contributed by atoms with Crippen LogP contribution in [0, 0.1) is 0 Å². The Labute approximate surface area is 75.6 Å². The van der Waals surface area contributed by atoms with E-state index in [1.807, 2.05) is 0 Å². The van der Waals surface area contributed by atoms with Gasteiger partial charge in [-0.05, 0) is 30.5 Å². The third-order valence-corrected chi connectivity index (χ3v) is 1.67. The van der Waals surface area contributed by atoms with Gasteiger partial charge in [0.05, 0.1) is 6.26 Å². The van der Waals surface area contributed by atoms with Crippen molar-refractivity contribution in [3.8, 4) is 0 Å². The first kappa shape index (κ1) is 9.64. The van der Waals surface area contributed by atoms with Crippen molar-refractivity contribution in [2.24, 2.45) is 5.11 Å². The minimum Gasteiger partial charge on any atom is -0.467 e. The number of nitrogens with zero attached hydrogens (tertiary/aromatic N) is 3. The molecule has 0 aliphatic rings. The van der Waals surface area contributed by atoms with Gasteiger partial charge in [-0.15, -0.1) is 0 Å². The van der Waals surface area contributed by atoms with Crippen LogP contribution in [0.2, 0.25) is 0 Å². The fourth-order valence-electron chi connectivity index (χ4n) is 1.02. The Morgan fingerprint density at radius 3 is 3.15 bits per heavy atom. The molecule has 0 aliphatic heterocycles. The van der Waals surface area contributed by atoms with Gasteiger partial charge in [-0.1, -0.05) is 5.11 Å². The minimum absolute atomic E-state index is 0.411. The molecule has 1 N–H and O–H groups in total. The largest absolute Gasteiger partial charge is 0.467 e. The Balaban J connectivity index is 2.26. The van der Waals surface area contributed by atoms with Gasteiger partial charge in [0.2, 0.25) is 0 Å². The van der Waals surface area contributed by atoms with E-state index >= 15 is 0 Å². The van der Waals surface area contributed by atoms with Crippen molar-refractivity contribution in [1.29, 1.82) is 0 Å². The molecule has 0 aromatic carbocycles. The fourth-order valence-corrected chi connectivity index (χ4v) is 1.02. The van der Waals surface area contributed by atoms with E-state index in [4.69, 9.17) is 9.95 Å². The smallest absolute Gasteiger partial charge is 0.132 e. The van der Waals surface area contributed by atoms with Gasteiger partial charge in [0.15, 0.2) is 0 Å². The first-order valence-electron chi connectivity index (χ1n) is 4.07. The summed E-state index contributed by atoms with van der Waals surface area (Å²) in [7, 11) is 0. The molecule has 1 aromatic heterocycles. The zero-order valence-corrected chi connectivity index (χ0v) is 7.13. The van der Waals surface area contributed by atoms with Crippen molar-refractivity contribution in [3.05, 3.63) is 34.6 Å². The normalized spacial score (nSPS) is 12.1. The van der Waals surface area contributed by atoms with Gasteiger partial charge in [-0.2, -0.15) is 0 Å². The molecular formula is C8H11N3O2. The summed E-state index contributed by atoms with van der Waals surface area (Å²) in [5, 5.41) is 12.8. The van der Waals surface area contributed by atoms with E-state index in [2.05, 4.69) is 10.0 Å². The monoisotopic (exact) mass is 181 g/mol. The van der Waals surface area contributed by atoms with E-state index in [0.29, 0.717) is 25.1 Å². The van der Waals surface area contributed by atoms with Gasteiger partial charge >= 0.3 is 0 Å². The number of aliphatic hydroxyl groups is 1. The van der Waals surface area contributed by atoms with Crippen molar-refractivity contribution in [1.82, 2.24) is 0 Å². The molecule has 70 valence electrons. The lowest BCUT2D eigenvalue weighted by Gasteiger charge is -2.04. The Morgan fingerprint density at radius 1 is 1.69 bits per heavy atom. The number of furan rings is 1. The van der Waals surface area contributed by atoms with Crippen molar-refractivity contribution in [2.75, 3.05) is 6.54 Å². The van der Waals surface area contributed by atoms with Gasteiger partial charge in [0.25, 0.3) is 0 Å². The minimum atomic E-state index is -0.594. The Morgan fingerprint density at radius 2 is 2.54 bits per heavy atom. The van der Waals surface area contributed by atoms with E-state index in [0.717, 1.165) is 0 Å². The van der Waals surface area contributed by atoms with Crippen LogP contribution < -0.4 is 0 Å². The van der Waals surface area contributed by atoms with Gasteiger partial charge in [-0.25, -0.2) is 0 Å². The van der Waals surface area contributed by atoms with E-state index in [1.54, 1.807) is 12.1 Å². The van der Waals surface area contributed by atoms with Crippen LogP contribution in [-0.2, 0) is 0 Å². The summed E-state index contributed by atoms with van der Waals surface area (Å²) >= 11 is 0. The highest BCUT2D eigenvalue weighted by Gasteiger charge is 2.08. The van der Waals surface area contributed by atoms with Crippen LogP contribution in [-0.4, -0.2) is 11.7 Å². The van der Waals surface area contributed by atoms with Crippen LogP contribution in [0.4, 0.5) is 0 Å². The van der Waals surface area contributed by atoms with Gasteiger partial charge in [0, 0.05) is 11.5 Å². The molecular weight excluding hydrogens is 170 g/mol. The molecule has 0 fully saturated rings. The Kier molecular flexibility index (Phi) is 3.88. The number of azide groups is 1. The summed E-state index contributed by atoms with van der Waals surface area (Å²) in [6, 6.07) is 3.45. The second-order valence-corrected chi connectivity index (χ2v) is 2.63. The molecule has 5 heteroatoms. The number of hydrogen-bond acceptors (Lipinski definition) is 3. The molecule has 0 radical (unpaired) electrons. The van der Waals surface area contributed by atoms with Crippen molar-refractivity contribution < 1.29 is 9.52 Å². The Hall–Kier alpha value is -1.45. The topological polar surface area (TPSA) is 82.1 Å². The average molecular weight is 181 g/mol. The molecule has 13 heavy (non-hydrogen) atoms. The molecule has 1 rings (SSSR count). The fraction of sp³-hybridized carbons (Fsp3) is 0.500. The maximum Gasteiger partial charge on any atom is 0.132 e. The van der Waals surface area contributed by atoms with E-state index in [1.165, 1.54) is 6.26 Å². The summed E-state index contributed by atoms with van der Waals surface area (Å²) in [6.45, 7) is 0.411. The number of aliphatic hydroxyl groups excluding tert-OH is 1. The summed E-state index contributed by atoms with van der Waals surface area (Å²) < 4.78 is 5.00. The highest BCUT2D eigenvalue weighted by atomic mass is 16.4. The Bertz CT molecular complexity index is 278. The predicted octanol–water partition coefficient (Wildman–Crippen LogP) is 2.40. The van der Waals surface area contributed by atoms with Gasteiger partial charge in [0.1, 0.15) is 11.9 Å². The van der Waals surface area contributed by atoms with Crippen LogP contribution in [0.5, 0.6) is 0 Å². The SMILES string of the molecule is [N-]=[N+]=NCCCC(O)c1ccco1. The molecule has 1 unspecified atom stereocenters. The lowest BCUT2D eigenvalue weighted by Crippen LogP contribution is -1.96. The molecule has 0 amide bonds. The predicted molar refractivity (Wildman–Crippen MR) is 46.9 cm³/mol. The zero-order chi connectivity index (χ0) is 9.52. The van der Waals surface area contributed by atoms with Crippen molar-refractivity contribution >= 4 is 0 Å². The molecule has 1 atom stereocenters. The van der Waals surface area contributed by atoms with Crippen LogP contribution in [0.3, 0.4) is 0 Å². The maximum absolute atomic E-state index is 9.48. The maximum atomic E-state index is 9.48. The zero-order valence-electron chi connectivity index (χ0n) is 7.13. The van der Waals surface area contributed by atoms with Gasteiger partial charge < -0.3 is 9.52 Å². The van der Waals surface area contributed by atoms with Crippen molar-refractivity contribution in [3.63, 3.8) is 0 Å². The molecule has 0 saturated heterocycles. The van der Waals surface area contributed by atoms with E-state index < -0.39 is 6.10 Å². The third kappa shape index (κ3) is 3.19. The van der Waals surface area contributed by atoms with Gasteiger partial charge in [-0.3, -0.25) is 0 Å². The summed E-state index contributed by atoms with van der Waals surface area (Å²) in [5.74, 6) is 0.556. The van der Waals surface area contributed by atoms with Crippen LogP contribution in [0.1, 0.15) is 24.7 Å². The first-order chi connectivity index (χ1) is 6.34. The van der Waals surface area contributed by atoms with Crippen LogP contribution in [0.15, 0.2) is 27.9 Å². The average Bonchev–Trinajstić information content (AvgIpc) is 2.65. The first-order valence-corrected chi connectivity index (χ1v) is 4.07. The standard InChI is InChI=1S/C8H11N3O2/c9-11-10-5-1-3-7(12)8-4-2-6-13-8/h2,4,6-7,12H,1,3,5H2. The van der Waals surface area contributed by atoms with E-state index in [9.17, 15) is 5.11 Å². The number of hydrogen-bond donors (Lipinski definition) is 1. The molecule has 0 aliphatic carbocycles. The quantitative estimate of drug-likeness (QED) is 0.327. The summed E-state index contributed by atoms with van der Waals surface area (Å²) in [6.07, 6.45) is 2.13. The second-order valence-electron chi connectivity index (χ2n) is 2.63. The second kappa shape index (κ2) is 5.24.